The first-order valence-electron chi connectivity index (χ1n) is 9.73. The molecule has 2 amide bonds. The fraction of sp³-hybridized carbons (Fsp3) is 0.789. The van der Waals surface area contributed by atoms with Crippen molar-refractivity contribution in [3.63, 3.8) is 0 Å². The largest absolute Gasteiger partial charge is 0.423 e. The molecule has 1 aliphatic heterocycles. The zero-order valence-electron chi connectivity index (χ0n) is 17.4. The van der Waals surface area contributed by atoms with Gasteiger partial charge in [0.05, 0.1) is 19.0 Å². The monoisotopic (exact) mass is 379 g/mol. The summed E-state index contributed by atoms with van der Waals surface area (Å²) in [5.41, 5.74) is 0.0525. The molecule has 0 saturated carbocycles. The molecule has 0 bridgehead atoms. The maximum Gasteiger partial charge on any atom is 0.237 e. The third kappa shape index (κ3) is 6.02. The van der Waals surface area contributed by atoms with Crippen molar-refractivity contribution in [1.29, 1.82) is 0 Å². The molecule has 0 spiro atoms. The molecule has 0 radical (unpaired) electrons. The third-order valence-corrected chi connectivity index (χ3v) is 4.55. The smallest absolute Gasteiger partial charge is 0.237 e. The quantitative estimate of drug-likeness (QED) is 0.774. The standard InChI is InChI=1S/C19H33N5O3/c1-7-15-21-22-16(27-15)11-24(13(2)3)17(25)10-14-18(26)20-8-9-23(14)12-19(4,5)6/h13-14H,7-12H2,1-6H3,(H,20,26). The lowest BCUT2D eigenvalue weighted by Crippen LogP contribution is -2.58. The molecule has 1 aromatic heterocycles. The van der Waals surface area contributed by atoms with Gasteiger partial charge in [-0.1, -0.05) is 27.7 Å². The predicted octanol–water partition coefficient (Wildman–Crippen LogP) is 1.61. The molecule has 1 fully saturated rings. The van der Waals surface area contributed by atoms with Gasteiger partial charge in [-0.2, -0.15) is 0 Å². The SMILES string of the molecule is CCc1nnc(CN(C(=O)CC2C(=O)NCCN2CC(C)(C)C)C(C)C)o1. The highest BCUT2D eigenvalue weighted by atomic mass is 16.4. The van der Waals surface area contributed by atoms with Crippen LogP contribution in [0.2, 0.25) is 0 Å². The van der Waals surface area contributed by atoms with Crippen molar-refractivity contribution in [1.82, 2.24) is 25.3 Å². The molecule has 27 heavy (non-hydrogen) atoms. The number of aromatic nitrogens is 2. The number of nitrogens with one attached hydrogen (secondary N) is 1. The number of carbonyl (C=O) groups excluding carboxylic acids is 2. The van der Waals surface area contributed by atoms with E-state index >= 15 is 0 Å². The Morgan fingerprint density at radius 1 is 1.33 bits per heavy atom. The average Bonchev–Trinajstić information content (AvgIpc) is 3.02. The number of rotatable bonds is 7. The molecule has 152 valence electrons. The van der Waals surface area contributed by atoms with Gasteiger partial charge in [0.25, 0.3) is 0 Å². The Morgan fingerprint density at radius 3 is 2.56 bits per heavy atom. The Balaban J connectivity index is 2.10. The van der Waals surface area contributed by atoms with E-state index < -0.39 is 6.04 Å². The van der Waals surface area contributed by atoms with Crippen LogP contribution in [0.4, 0.5) is 0 Å². The Labute approximate surface area is 161 Å². The van der Waals surface area contributed by atoms with Gasteiger partial charge in [-0.15, -0.1) is 10.2 Å². The molecule has 2 rings (SSSR count). The van der Waals surface area contributed by atoms with Crippen LogP contribution in [-0.2, 0) is 22.6 Å². The van der Waals surface area contributed by atoms with Gasteiger partial charge in [0.1, 0.15) is 0 Å². The fourth-order valence-corrected chi connectivity index (χ4v) is 3.26. The van der Waals surface area contributed by atoms with Gasteiger partial charge in [0.15, 0.2) is 0 Å². The van der Waals surface area contributed by atoms with E-state index in [1.165, 1.54) is 0 Å². The van der Waals surface area contributed by atoms with Gasteiger partial charge in [0.2, 0.25) is 23.6 Å². The van der Waals surface area contributed by atoms with Gasteiger partial charge in [-0.3, -0.25) is 14.5 Å². The van der Waals surface area contributed by atoms with E-state index in [4.69, 9.17) is 4.42 Å². The van der Waals surface area contributed by atoms with Gasteiger partial charge >= 0.3 is 0 Å². The van der Waals surface area contributed by atoms with Crippen LogP contribution in [0.1, 0.15) is 59.7 Å². The minimum absolute atomic E-state index is 0.0304. The van der Waals surface area contributed by atoms with Crippen LogP contribution in [-0.4, -0.2) is 63.5 Å². The Bertz CT molecular complexity index is 650. The second-order valence-electron chi connectivity index (χ2n) is 8.60. The van der Waals surface area contributed by atoms with Crippen molar-refractivity contribution in [2.45, 2.75) is 73.0 Å². The topological polar surface area (TPSA) is 91.6 Å². The van der Waals surface area contributed by atoms with E-state index in [-0.39, 0.29) is 36.2 Å². The van der Waals surface area contributed by atoms with Gasteiger partial charge < -0.3 is 14.6 Å². The molecule has 8 nitrogen and oxygen atoms in total. The van der Waals surface area contributed by atoms with E-state index in [2.05, 4.69) is 41.2 Å². The number of carbonyl (C=O) groups is 2. The van der Waals surface area contributed by atoms with Crippen molar-refractivity contribution >= 4 is 11.8 Å². The second kappa shape index (κ2) is 8.82. The first-order chi connectivity index (χ1) is 12.6. The maximum absolute atomic E-state index is 13.0. The number of hydrogen-bond donors (Lipinski definition) is 1. The van der Waals surface area contributed by atoms with E-state index in [1.807, 2.05) is 20.8 Å². The first kappa shape index (κ1) is 21.3. The van der Waals surface area contributed by atoms with Crippen LogP contribution in [0.25, 0.3) is 0 Å². The zero-order valence-corrected chi connectivity index (χ0v) is 17.4. The summed E-state index contributed by atoms with van der Waals surface area (Å²) in [6.45, 7) is 14.7. The summed E-state index contributed by atoms with van der Waals surface area (Å²) in [4.78, 5) is 29.3. The molecular weight excluding hydrogens is 346 g/mol. The lowest BCUT2D eigenvalue weighted by atomic mass is 9.94. The highest BCUT2D eigenvalue weighted by Gasteiger charge is 2.35. The highest BCUT2D eigenvalue weighted by molar-refractivity contribution is 5.89. The van der Waals surface area contributed by atoms with Crippen LogP contribution >= 0.6 is 0 Å². The van der Waals surface area contributed by atoms with E-state index in [1.54, 1.807) is 4.90 Å². The van der Waals surface area contributed by atoms with Crippen molar-refractivity contribution in [3.8, 4) is 0 Å². The van der Waals surface area contributed by atoms with Crippen molar-refractivity contribution < 1.29 is 14.0 Å². The van der Waals surface area contributed by atoms with Gasteiger partial charge in [-0.05, 0) is 19.3 Å². The predicted molar refractivity (Wildman–Crippen MR) is 102 cm³/mol. The Kier molecular flexibility index (Phi) is 6.97. The van der Waals surface area contributed by atoms with E-state index in [0.29, 0.717) is 24.7 Å². The molecule has 1 aromatic rings. The van der Waals surface area contributed by atoms with Gasteiger partial charge in [0, 0.05) is 32.1 Å². The number of hydrogen-bond acceptors (Lipinski definition) is 6. The maximum atomic E-state index is 13.0. The van der Waals surface area contributed by atoms with Gasteiger partial charge in [-0.25, -0.2) is 0 Å². The van der Waals surface area contributed by atoms with Crippen molar-refractivity contribution in [3.05, 3.63) is 11.8 Å². The number of amides is 2. The molecule has 1 saturated heterocycles. The Hall–Kier alpha value is -1.96. The number of piperazine rings is 1. The molecule has 2 heterocycles. The zero-order chi connectivity index (χ0) is 20.2. The summed E-state index contributed by atoms with van der Waals surface area (Å²) < 4.78 is 5.56. The number of nitrogens with zero attached hydrogens (tertiary/aromatic N) is 4. The average molecular weight is 380 g/mol. The lowest BCUT2D eigenvalue weighted by Gasteiger charge is -2.39. The summed E-state index contributed by atoms with van der Waals surface area (Å²) >= 11 is 0. The molecule has 8 heteroatoms. The fourth-order valence-electron chi connectivity index (χ4n) is 3.26. The van der Waals surface area contributed by atoms with Crippen LogP contribution in [0.15, 0.2) is 4.42 Å². The summed E-state index contributed by atoms with van der Waals surface area (Å²) in [6.07, 6.45) is 0.807. The minimum atomic E-state index is -0.444. The molecule has 0 aromatic carbocycles. The summed E-state index contributed by atoms with van der Waals surface area (Å²) in [7, 11) is 0. The van der Waals surface area contributed by atoms with Crippen LogP contribution in [0.5, 0.6) is 0 Å². The lowest BCUT2D eigenvalue weighted by molar-refractivity contribution is -0.141. The highest BCUT2D eigenvalue weighted by Crippen LogP contribution is 2.21. The second-order valence-corrected chi connectivity index (χ2v) is 8.60. The summed E-state index contributed by atoms with van der Waals surface area (Å²) in [5.74, 6) is 0.827. The normalized spacial score (nSPS) is 18.6. The van der Waals surface area contributed by atoms with E-state index in [9.17, 15) is 9.59 Å². The van der Waals surface area contributed by atoms with E-state index in [0.717, 1.165) is 13.1 Å². The minimum Gasteiger partial charge on any atom is -0.423 e. The molecule has 1 unspecified atom stereocenters. The summed E-state index contributed by atoms with van der Waals surface area (Å²) in [5, 5.41) is 10.9. The first-order valence-corrected chi connectivity index (χ1v) is 9.73. The third-order valence-electron chi connectivity index (χ3n) is 4.55. The molecule has 1 atom stereocenters. The number of aryl methyl sites for hydroxylation is 1. The summed E-state index contributed by atoms with van der Waals surface area (Å²) in [6, 6.07) is -0.474. The molecule has 1 N–H and O–H groups in total. The molecule has 1 aliphatic rings. The molecular formula is C19H33N5O3. The van der Waals surface area contributed by atoms with Crippen molar-refractivity contribution in [2.24, 2.45) is 5.41 Å². The molecule has 0 aliphatic carbocycles. The van der Waals surface area contributed by atoms with Crippen LogP contribution < -0.4 is 5.32 Å². The van der Waals surface area contributed by atoms with Crippen LogP contribution in [0.3, 0.4) is 0 Å². The Morgan fingerprint density at radius 2 is 2.00 bits per heavy atom. The van der Waals surface area contributed by atoms with Crippen LogP contribution in [0, 0.1) is 5.41 Å². The van der Waals surface area contributed by atoms with Crippen molar-refractivity contribution in [2.75, 3.05) is 19.6 Å².